The van der Waals surface area contributed by atoms with Crippen molar-refractivity contribution in [3.05, 3.63) is 35.8 Å². The highest BCUT2D eigenvalue weighted by atomic mass is 15.3. The number of rotatable bonds is 4. The largest absolute Gasteiger partial charge is 0.394 e. The van der Waals surface area contributed by atoms with Gasteiger partial charge in [-0.1, -0.05) is 19.9 Å². The summed E-state index contributed by atoms with van der Waals surface area (Å²) in [7, 11) is 1.90. The van der Waals surface area contributed by atoms with E-state index in [0.717, 1.165) is 22.8 Å². The SMILES string of the molecule is CC(C)c1nn(C)c(NCc2cccnc2)c1N. The summed E-state index contributed by atoms with van der Waals surface area (Å²) in [4.78, 5) is 4.08. The minimum Gasteiger partial charge on any atom is -0.394 e. The molecule has 3 N–H and O–H groups in total. The molecule has 5 nitrogen and oxygen atoms in total. The van der Waals surface area contributed by atoms with Gasteiger partial charge in [-0.3, -0.25) is 9.67 Å². The molecule has 0 saturated heterocycles. The van der Waals surface area contributed by atoms with Crippen LogP contribution in [0.3, 0.4) is 0 Å². The van der Waals surface area contributed by atoms with E-state index >= 15 is 0 Å². The Hall–Kier alpha value is -2.04. The summed E-state index contributed by atoms with van der Waals surface area (Å²) >= 11 is 0. The molecule has 0 fully saturated rings. The number of hydrogen-bond acceptors (Lipinski definition) is 4. The van der Waals surface area contributed by atoms with Crippen LogP contribution in [0.2, 0.25) is 0 Å². The fourth-order valence-corrected chi connectivity index (χ4v) is 1.89. The molecule has 0 aliphatic rings. The summed E-state index contributed by atoms with van der Waals surface area (Å²) in [5.41, 5.74) is 8.89. The van der Waals surface area contributed by atoms with Crippen molar-refractivity contribution in [2.45, 2.75) is 26.3 Å². The summed E-state index contributed by atoms with van der Waals surface area (Å²) in [6.07, 6.45) is 3.60. The van der Waals surface area contributed by atoms with Gasteiger partial charge in [-0.25, -0.2) is 0 Å². The summed E-state index contributed by atoms with van der Waals surface area (Å²) in [5, 5.41) is 7.74. The number of nitrogen functional groups attached to an aromatic ring is 1. The Balaban J connectivity index is 2.15. The Kier molecular flexibility index (Phi) is 3.50. The molecule has 0 aromatic carbocycles. The van der Waals surface area contributed by atoms with Crippen molar-refractivity contribution in [1.29, 1.82) is 0 Å². The lowest BCUT2D eigenvalue weighted by atomic mass is 10.1. The molecule has 0 aliphatic heterocycles. The maximum atomic E-state index is 6.11. The van der Waals surface area contributed by atoms with Gasteiger partial charge >= 0.3 is 0 Å². The smallest absolute Gasteiger partial charge is 0.148 e. The van der Waals surface area contributed by atoms with Crippen molar-refractivity contribution < 1.29 is 0 Å². The molecular weight excluding hydrogens is 226 g/mol. The minimum atomic E-state index is 0.324. The molecule has 0 bridgehead atoms. The zero-order chi connectivity index (χ0) is 13.1. The molecule has 2 rings (SSSR count). The second-order valence-corrected chi connectivity index (χ2v) is 4.64. The molecule has 0 aliphatic carbocycles. The second kappa shape index (κ2) is 5.08. The normalized spacial score (nSPS) is 10.9. The number of pyridine rings is 1. The molecule has 0 atom stereocenters. The molecule has 2 aromatic heterocycles. The van der Waals surface area contributed by atoms with Crippen molar-refractivity contribution in [2.75, 3.05) is 11.1 Å². The molecule has 5 heteroatoms. The van der Waals surface area contributed by atoms with Crippen LogP contribution in [0.1, 0.15) is 31.0 Å². The number of anilines is 2. The van der Waals surface area contributed by atoms with Gasteiger partial charge in [0, 0.05) is 26.0 Å². The number of hydrogen-bond donors (Lipinski definition) is 2. The van der Waals surface area contributed by atoms with E-state index in [2.05, 4.69) is 29.2 Å². The van der Waals surface area contributed by atoms with E-state index in [4.69, 9.17) is 5.73 Å². The fourth-order valence-electron chi connectivity index (χ4n) is 1.89. The van der Waals surface area contributed by atoms with E-state index in [1.165, 1.54) is 0 Å². The van der Waals surface area contributed by atoms with Crippen molar-refractivity contribution in [3.63, 3.8) is 0 Å². The van der Waals surface area contributed by atoms with Crippen molar-refractivity contribution >= 4 is 11.5 Å². The Bertz CT molecular complexity index is 516. The highest BCUT2D eigenvalue weighted by Gasteiger charge is 2.15. The number of aryl methyl sites for hydroxylation is 1. The zero-order valence-corrected chi connectivity index (χ0v) is 11.0. The van der Waals surface area contributed by atoms with Crippen LogP contribution in [0.15, 0.2) is 24.5 Å². The topological polar surface area (TPSA) is 68.8 Å². The Labute approximate surface area is 107 Å². The summed E-state index contributed by atoms with van der Waals surface area (Å²) in [6.45, 7) is 4.86. The summed E-state index contributed by atoms with van der Waals surface area (Å²) in [6, 6.07) is 3.94. The lowest BCUT2D eigenvalue weighted by molar-refractivity contribution is 0.715. The highest BCUT2D eigenvalue weighted by molar-refractivity contribution is 5.65. The van der Waals surface area contributed by atoms with Gasteiger partial charge in [0.1, 0.15) is 5.82 Å². The quantitative estimate of drug-likeness (QED) is 0.865. The number of nitrogens with one attached hydrogen (secondary N) is 1. The van der Waals surface area contributed by atoms with Crippen LogP contribution >= 0.6 is 0 Å². The molecule has 0 saturated carbocycles. The van der Waals surface area contributed by atoms with Gasteiger partial charge in [-0.05, 0) is 17.5 Å². The van der Waals surface area contributed by atoms with E-state index in [1.807, 2.05) is 25.4 Å². The lowest BCUT2D eigenvalue weighted by Crippen LogP contribution is -2.06. The molecule has 0 amide bonds. The molecule has 0 radical (unpaired) electrons. The fraction of sp³-hybridized carbons (Fsp3) is 0.385. The first-order valence-corrected chi connectivity index (χ1v) is 6.04. The molecule has 2 aromatic rings. The van der Waals surface area contributed by atoms with Crippen LogP contribution < -0.4 is 11.1 Å². The average Bonchev–Trinajstić information content (AvgIpc) is 2.64. The monoisotopic (exact) mass is 245 g/mol. The van der Waals surface area contributed by atoms with E-state index in [0.29, 0.717) is 12.5 Å². The summed E-state index contributed by atoms with van der Waals surface area (Å²) in [5.74, 6) is 1.19. The van der Waals surface area contributed by atoms with Gasteiger partial charge in [-0.2, -0.15) is 5.10 Å². The van der Waals surface area contributed by atoms with Gasteiger partial charge in [0.15, 0.2) is 0 Å². The third-order valence-electron chi connectivity index (χ3n) is 2.84. The van der Waals surface area contributed by atoms with E-state index < -0.39 is 0 Å². The van der Waals surface area contributed by atoms with Gasteiger partial charge in [0.25, 0.3) is 0 Å². The predicted molar refractivity (Wildman–Crippen MR) is 73.3 cm³/mol. The average molecular weight is 245 g/mol. The van der Waals surface area contributed by atoms with E-state index in [9.17, 15) is 0 Å². The van der Waals surface area contributed by atoms with Crippen molar-refractivity contribution in [3.8, 4) is 0 Å². The molecule has 2 heterocycles. The van der Waals surface area contributed by atoms with Gasteiger partial charge in [0.05, 0.1) is 11.4 Å². The third kappa shape index (κ3) is 2.45. The van der Waals surface area contributed by atoms with Gasteiger partial charge < -0.3 is 11.1 Å². The number of nitrogens with two attached hydrogens (primary N) is 1. The molecular formula is C13H19N5. The highest BCUT2D eigenvalue weighted by Crippen LogP contribution is 2.27. The Morgan fingerprint density at radius 2 is 2.22 bits per heavy atom. The van der Waals surface area contributed by atoms with Crippen LogP contribution in [-0.4, -0.2) is 14.8 Å². The maximum absolute atomic E-state index is 6.11. The van der Waals surface area contributed by atoms with Crippen molar-refractivity contribution in [1.82, 2.24) is 14.8 Å². The van der Waals surface area contributed by atoms with Crippen LogP contribution in [0.25, 0.3) is 0 Å². The predicted octanol–water partition coefficient (Wildman–Crippen LogP) is 2.13. The molecule has 18 heavy (non-hydrogen) atoms. The van der Waals surface area contributed by atoms with Gasteiger partial charge in [-0.15, -0.1) is 0 Å². The number of aromatic nitrogens is 3. The zero-order valence-electron chi connectivity index (χ0n) is 11.0. The summed E-state index contributed by atoms with van der Waals surface area (Å²) < 4.78 is 1.79. The Morgan fingerprint density at radius 3 is 2.78 bits per heavy atom. The molecule has 0 spiro atoms. The standard InChI is InChI=1S/C13H19N5/c1-9(2)12-11(14)13(18(3)17-12)16-8-10-5-4-6-15-7-10/h4-7,9,16H,8,14H2,1-3H3. The first kappa shape index (κ1) is 12.4. The molecule has 96 valence electrons. The minimum absolute atomic E-state index is 0.324. The van der Waals surface area contributed by atoms with Crippen LogP contribution in [0.4, 0.5) is 11.5 Å². The lowest BCUT2D eigenvalue weighted by Gasteiger charge is -2.07. The third-order valence-corrected chi connectivity index (χ3v) is 2.84. The first-order valence-electron chi connectivity index (χ1n) is 6.04. The maximum Gasteiger partial charge on any atom is 0.148 e. The van der Waals surface area contributed by atoms with Gasteiger partial charge in [0.2, 0.25) is 0 Å². The van der Waals surface area contributed by atoms with Crippen LogP contribution in [0, 0.1) is 0 Å². The molecule has 0 unspecified atom stereocenters. The van der Waals surface area contributed by atoms with Crippen LogP contribution in [-0.2, 0) is 13.6 Å². The Morgan fingerprint density at radius 1 is 1.44 bits per heavy atom. The van der Waals surface area contributed by atoms with Crippen molar-refractivity contribution in [2.24, 2.45) is 7.05 Å². The van der Waals surface area contributed by atoms with Crippen LogP contribution in [0.5, 0.6) is 0 Å². The number of nitrogens with zero attached hydrogens (tertiary/aromatic N) is 3. The first-order chi connectivity index (χ1) is 8.59. The van der Waals surface area contributed by atoms with E-state index in [1.54, 1.807) is 10.9 Å². The second-order valence-electron chi connectivity index (χ2n) is 4.64. The van der Waals surface area contributed by atoms with E-state index in [-0.39, 0.29) is 0 Å².